The second kappa shape index (κ2) is 5.82. The van der Waals surface area contributed by atoms with Crippen LogP contribution in [-0.4, -0.2) is 42.6 Å². The number of likely N-dealkylation sites (N-methyl/N-ethyl adjacent to an activating group) is 1. The minimum Gasteiger partial charge on any atom is -0.360 e. The van der Waals surface area contributed by atoms with Crippen LogP contribution in [0.3, 0.4) is 0 Å². The van der Waals surface area contributed by atoms with Gasteiger partial charge in [0.15, 0.2) is 5.69 Å². The molecule has 17 heavy (non-hydrogen) atoms. The highest BCUT2D eigenvalue weighted by Gasteiger charge is 2.19. The van der Waals surface area contributed by atoms with E-state index in [1.54, 1.807) is 0 Å². The second-order valence-corrected chi connectivity index (χ2v) is 4.57. The SMILES string of the molecule is CCc1onc(C(=O)NC(C)CN(C)C)c1C. The number of rotatable bonds is 5. The molecule has 1 heterocycles. The number of carbonyl (C=O) groups is 1. The predicted octanol–water partition coefficient (Wildman–Crippen LogP) is 1.23. The summed E-state index contributed by atoms with van der Waals surface area (Å²) in [6, 6.07) is 0.0821. The van der Waals surface area contributed by atoms with Crippen LogP contribution in [0.15, 0.2) is 4.52 Å². The average Bonchev–Trinajstić information content (AvgIpc) is 2.57. The molecule has 0 aliphatic rings. The lowest BCUT2D eigenvalue weighted by Gasteiger charge is -2.17. The Morgan fingerprint density at radius 2 is 2.18 bits per heavy atom. The van der Waals surface area contributed by atoms with E-state index >= 15 is 0 Å². The molecule has 0 spiro atoms. The van der Waals surface area contributed by atoms with Gasteiger partial charge in [-0.05, 0) is 27.9 Å². The van der Waals surface area contributed by atoms with Gasteiger partial charge in [-0.3, -0.25) is 4.79 Å². The summed E-state index contributed by atoms with van der Waals surface area (Å²) in [5.74, 6) is 0.607. The van der Waals surface area contributed by atoms with Gasteiger partial charge in [-0.1, -0.05) is 12.1 Å². The van der Waals surface area contributed by atoms with Gasteiger partial charge in [0.25, 0.3) is 5.91 Å². The first-order valence-corrected chi connectivity index (χ1v) is 5.86. The molecule has 0 fully saturated rings. The summed E-state index contributed by atoms with van der Waals surface area (Å²) in [5, 5.41) is 6.72. The molecule has 96 valence electrons. The molecule has 1 rings (SSSR count). The summed E-state index contributed by atoms with van der Waals surface area (Å²) in [6.45, 7) is 6.60. The average molecular weight is 239 g/mol. The quantitative estimate of drug-likeness (QED) is 0.839. The summed E-state index contributed by atoms with van der Waals surface area (Å²) in [4.78, 5) is 14.0. The van der Waals surface area contributed by atoms with Crippen molar-refractivity contribution in [2.75, 3.05) is 20.6 Å². The molecule has 0 aliphatic heterocycles. The molecule has 0 saturated heterocycles. The van der Waals surface area contributed by atoms with E-state index in [9.17, 15) is 4.79 Å². The zero-order valence-corrected chi connectivity index (χ0v) is 11.2. The van der Waals surface area contributed by atoms with Crippen molar-refractivity contribution in [1.29, 1.82) is 0 Å². The van der Waals surface area contributed by atoms with Gasteiger partial charge in [0.05, 0.1) is 0 Å². The minimum atomic E-state index is -0.166. The van der Waals surface area contributed by atoms with Gasteiger partial charge in [0.2, 0.25) is 0 Å². The first kappa shape index (κ1) is 13.7. The van der Waals surface area contributed by atoms with Crippen LogP contribution in [0.1, 0.15) is 35.7 Å². The summed E-state index contributed by atoms with van der Waals surface area (Å²) >= 11 is 0. The third kappa shape index (κ3) is 3.56. The number of carbonyl (C=O) groups excluding carboxylic acids is 1. The monoisotopic (exact) mass is 239 g/mol. The van der Waals surface area contributed by atoms with Crippen LogP contribution in [0.4, 0.5) is 0 Å². The van der Waals surface area contributed by atoms with Crippen LogP contribution in [0.5, 0.6) is 0 Å². The number of hydrogen-bond acceptors (Lipinski definition) is 4. The highest BCUT2D eigenvalue weighted by Crippen LogP contribution is 2.13. The van der Waals surface area contributed by atoms with E-state index in [-0.39, 0.29) is 11.9 Å². The number of aromatic nitrogens is 1. The smallest absolute Gasteiger partial charge is 0.274 e. The second-order valence-electron chi connectivity index (χ2n) is 4.57. The highest BCUT2D eigenvalue weighted by atomic mass is 16.5. The van der Waals surface area contributed by atoms with Crippen molar-refractivity contribution in [3.05, 3.63) is 17.0 Å². The maximum Gasteiger partial charge on any atom is 0.274 e. The van der Waals surface area contributed by atoms with Crippen molar-refractivity contribution >= 4 is 5.91 Å². The van der Waals surface area contributed by atoms with Gasteiger partial charge in [0, 0.05) is 24.6 Å². The predicted molar refractivity (Wildman–Crippen MR) is 66.1 cm³/mol. The maximum absolute atomic E-state index is 11.9. The molecule has 1 aromatic rings. The summed E-state index contributed by atoms with van der Waals surface area (Å²) in [6.07, 6.45) is 0.749. The Morgan fingerprint density at radius 1 is 1.53 bits per heavy atom. The Balaban J connectivity index is 2.66. The zero-order chi connectivity index (χ0) is 13.0. The molecule has 1 atom stereocenters. The van der Waals surface area contributed by atoms with Crippen LogP contribution in [0.2, 0.25) is 0 Å². The van der Waals surface area contributed by atoms with Gasteiger partial charge < -0.3 is 14.7 Å². The van der Waals surface area contributed by atoms with Crippen molar-refractivity contribution in [2.24, 2.45) is 0 Å². The summed E-state index contributed by atoms with van der Waals surface area (Å²) in [5.41, 5.74) is 1.23. The van der Waals surface area contributed by atoms with Gasteiger partial charge in [-0.2, -0.15) is 0 Å². The molecule has 5 heteroatoms. The topological polar surface area (TPSA) is 58.4 Å². The Bertz CT molecular complexity index is 385. The minimum absolute atomic E-state index is 0.0821. The number of aryl methyl sites for hydroxylation is 1. The number of nitrogens with one attached hydrogen (secondary N) is 1. The third-order valence-corrected chi connectivity index (χ3v) is 2.57. The third-order valence-electron chi connectivity index (χ3n) is 2.57. The molecule has 5 nitrogen and oxygen atoms in total. The fourth-order valence-corrected chi connectivity index (χ4v) is 1.80. The van der Waals surface area contributed by atoms with Crippen molar-refractivity contribution in [3.8, 4) is 0 Å². The van der Waals surface area contributed by atoms with Crippen LogP contribution in [0.25, 0.3) is 0 Å². The molecular weight excluding hydrogens is 218 g/mol. The van der Waals surface area contributed by atoms with Crippen LogP contribution in [0, 0.1) is 6.92 Å². The Labute approximate surface area is 102 Å². The van der Waals surface area contributed by atoms with E-state index < -0.39 is 0 Å². The van der Waals surface area contributed by atoms with Crippen molar-refractivity contribution in [3.63, 3.8) is 0 Å². The number of amides is 1. The van der Waals surface area contributed by atoms with Crippen molar-refractivity contribution < 1.29 is 9.32 Å². The Kier molecular flexibility index (Phi) is 4.69. The zero-order valence-electron chi connectivity index (χ0n) is 11.2. The lowest BCUT2D eigenvalue weighted by Crippen LogP contribution is -2.39. The molecule has 1 N–H and O–H groups in total. The lowest BCUT2D eigenvalue weighted by atomic mass is 10.1. The van der Waals surface area contributed by atoms with Gasteiger partial charge in [-0.15, -0.1) is 0 Å². The largest absolute Gasteiger partial charge is 0.360 e. The lowest BCUT2D eigenvalue weighted by molar-refractivity contribution is 0.0924. The number of nitrogens with zero attached hydrogens (tertiary/aromatic N) is 2. The molecule has 0 aliphatic carbocycles. The maximum atomic E-state index is 11.9. The van der Waals surface area contributed by atoms with E-state index in [1.165, 1.54) is 0 Å². The van der Waals surface area contributed by atoms with Crippen molar-refractivity contribution in [1.82, 2.24) is 15.4 Å². The molecule has 1 unspecified atom stereocenters. The first-order valence-electron chi connectivity index (χ1n) is 5.86. The summed E-state index contributed by atoms with van der Waals surface area (Å²) < 4.78 is 5.11. The first-order chi connectivity index (χ1) is 7.95. The fraction of sp³-hybridized carbons (Fsp3) is 0.667. The molecule has 0 aromatic carbocycles. The highest BCUT2D eigenvalue weighted by molar-refractivity contribution is 5.93. The van der Waals surface area contributed by atoms with Gasteiger partial charge in [0.1, 0.15) is 5.76 Å². The normalized spacial score (nSPS) is 12.8. The summed E-state index contributed by atoms with van der Waals surface area (Å²) in [7, 11) is 3.94. The van der Waals surface area contributed by atoms with E-state index in [1.807, 2.05) is 39.8 Å². The molecule has 0 radical (unpaired) electrons. The van der Waals surface area contributed by atoms with Gasteiger partial charge >= 0.3 is 0 Å². The van der Waals surface area contributed by atoms with E-state index in [0.717, 1.165) is 24.3 Å². The Morgan fingerprint density at radius 3 is 2.65 bits per heavy atom. The fourth-order valence-electron chi connectivity index (χ4n) is 1.80. The number of hydrogen-bond donors (Lipinski definition) is 1. The van der Waals surface area contributed by atoms with Crippen LogP contribution >= 0.6 is 0 Å². The molecule has 0 saturated carbocycles. The van der Waals surface area contributed by atoms with E-state index in [4.69, 9.17) is 4.52 Å². The molecule has 1 amide bonds. The van der Waals surface area contributed by atoms with Crippen LogP contribution < -0.4 is 5.32 Å². The standard InChI is InChI=1S/C12H21N3O2/c1-6-10-9(3)11(14-17-10)12(16)13-8(2)7-15(4)5/h8H,6-7H2,1-5H3,(H,13,16). The van der Waals surface area contributed by atoms with E-state index in [2.05, 4.69) is 10.5 Å². The van der Waals surface area contributed by atoms with Crippen LogP contribution in [-0.2, 0) is 6.42 Å². The van der Waals surface area contributed by atoms with Gasteiger partial charge in [-0.25, -0.2) is 0 Å². The molecule has 0 bridgehead atoms. The molecular formula is C12H21N3O2. The Hall–Kier alpha value is -1.36. The van der Waals surface area contributed by atoms with Crippen molar-refractivity contribution in [2.45, 2.75) is 33.2 Å². The molecule has 1 aromatic heterocycles. The van der Waals surface area contributed by atoms with E-state index in [0.29, 0.717) is 5.69 Å².